The number of hydrogen-bond acceptors (Lipinski definition) is 3. The van der Waals surface area contributed by atoms with Gasteiger partial charge in [-0.05, 0) is 42.6 Å². The summed E-state index contributed by atoms with van der Waals surface area (Å²) in [7, 11) is 0. The van der Waals surface area contributed by atoms with Crippen molar-refractivity contribution in [1.29, 1.82) is 0 Å². The zero-order valence-electron chi connectivity index (χ0n) is 16.7. The van der Waals surface area contributed by atoms with E-state index in [0.29, 0.717) is 6.54 Å². The van der Waals surface area contributed by atoms with Crippen LogP contribution in [0.15, 0.2) is 73.3 Å². The minimum atomic E-state index is 0.121. The van der Waals surface area contributed by atoms with Crippen LogP contribution < -0.4 is 5.32 Å². The molecule has 4 rings (SSSR count). The molecule has 5 heteroatoms. The van der Waals surface area contributed by atoms with Crippen molar-refractivity contribution in [3.05, 3.63) is 90.0 Å². The molecule has 1 aliphatic rings. The first-order valence-electron chi connectivity index (χ1n) is 10.3. The number of imidazole rings is 1. The summed E-state index contributed by atoms with van der Waals surface area (Å²) < 4.78 is 2.04. The summed E-state index contributed by atoms with van der Waals surface area (Å²) in [4.78, 5) is 19.2. The van der Waals surface area contributed by atoms with Crippen LogP contribution in [-0.4, -0.2) is 33.4 Å². The molecule has 0 spiro atoms. The third-order valence-electron chi connectivity index (χ3n) is 5.59. The normalized spacial score (nSPS) is 15.3. The van der Waals surface area contributed by atoms with Crippen molar-refractivity contribution < 1.29 is 4.79 Å². The Kier molecular flexibility index (Phi) is 6.37. The molecular weight excluding hydrogens is 360 g/mol. The predicted octanol–water partition coefficient (Wildman–Crippen LogP) is 3.46. The maximum atomic E-state index is 12.6. The molecule has 1 aliphatic heterocycles. The number of nitrogens with one attached hydrogen (secondary N) is 1. The van der Waals surface area contributed by atoms with Gasteiger partial charge in [0.1, 0.15) is 0 Å². The zero-order valence-corrected chi connectivity index (χ0v) is 16.7. The molecule has 1 N–H and O–H groups in total. The molecular formula is C24H28N4O. The van der Waals surface area contributed by atoms with Gasteiger partial charge in [0.2, 0.25) is 5.91 Å². The van der Waals surface area contributed by atoms with Crippen LogP contribution in [0, 0.1) is 5.92 Å². The summed E-state index contributed by atoms with van der Waals surface area (Å²) >= 11 is 0. The highest BCUT2D eigenvalue weighted by molar-refractivity contribution is 5.78. The molecule has 0 aliphatic carbocycles. The predicted molar refractivity (Wildman–Crippen MR) is 114 cm³/mol. The van der Waals surface area contributed by atoms with Gasteiger partial charge in [0, 0.05) is 37.9 Å². The lowest BCUT2D eigenvalue weighted by molar-refractivity contribution is -0.126. The topological polar surface area (TPSA) is 50.2 Å². The maximum Gasteiger partial charge on any atom is 0.223 e. The minimum Gasteiger partial charge on any atom is -0.352 e. The molecule has 2 heterocycles. The van der Waals surface area contributed by atoms with Crippen LogP contribution in [-0.2, 0) is 24.4 Å². The van der Waals surface area contributed by atoms with Gasteiger partial charge >= 0.3 is 0 Å². The fraction of sp³-hybridized carbons (Fsp3) is 0.333. The number of aromatic nitrogens is 2. The fourth-order valence-corrected chi connectivity index (χ4v) is 3.96. The summed E-state index contributed by atoms with van der Waals surface area (Å²) in [5.41, 5.74) is 3.69. The van der Waals surface area contributed by atoms with Crippen LogP contribution >= 0.6 is 0 Å². The van der Waals surface area contributed by atoms with Gasteiger partial charge in [-0.25, -0.2) is 4.98 Å². The molecule has 1 aromatic heterocycles. The van der Waals surface area contributed by atoms with Crippen molar-refractivity contribution >= 4 is 5.91 Å². The Hall–Kier alpha value is -2.92. The van der Waals surface area contributed by atoms with Gasteiger partial charge in [-0.15, -0.1) is 0 Å². The molecule has 0 unspecified atom stereocenters. The van der Waals surface area contributed by atoms with Crippen molar-refractivity contribution in [2.75, 3.05) is 13.1 Å². The van der Waals surface area contributed by atoms with Crippen LogP contribution in [0.2, 0.25) is 0 Å². The number of rotatable bonds is 7. The molecule has 0 radical (unpaired) electrons. The van der Waals surface area contributed by atoms with E-state index in [1.807, 2.05) is 23.2 Å². The Morgan fingerprint density at radius 1 is 0.966 bits per heavy atom. The molecule has 2 aromatic carbocycles. The van der Waals surface area contributed by atoms with Crippen LogP contribution in [0.4, 0.5) is 0 Å². The third-order valence-corrected chi connectivity index (χ3v) is 5.59. The maximum absolute atomic E-state index is 12.6. The first-order valence-corrected chi connectivity index (χ1v) is 10.3. The van der Waals surface area contributed by atoms with Crippen LogP contribution in [0.3, 0.4) is 0 Å². The van der Waals surface area contributed by atoms with Gasteiger partial charge < -0.3 is 9.88 Å². The van der Waals surface area contributed by atoms with Gasteiger partial charge in [-0.3, -0.25) is 9.69 Å². The first-order chi connectivity index (χ1) is 14.3. The van der Waals surface area contributed by atoms with Crippen molar-refractivity contribution in [2.45, 2.75) is 32.5 Å². The monoisotopic (exact) mass is 388 g/mol. The number of piperidine rings is 1. The number of nitrogens with zero attached hydrogens (tertiary/aromatic N) is 3. The molecule has 29 heavy (non-hydrogen) atoms. The summed E-state index contributed by atoms with van der Waals surface area (Å²) in [6, 6.07) is 18.9. The van der Waals surface area contributed by atoms with E-state index in [0.717, 1.165) is 44.6 Å². The number of likely N-dealkylation sites (tertiary alicyclic amines) is 1. The van der Waals surface area contributed by atoms with Gasteiger partial charge in [0.05, 0.1) is 6.33 Å². The molecule has 0 atom stereocenters. The molecule has 1 amide bonds. The second-order valence-corrected chi connectivity index (χ2v) is 7.81. The lowest BCUT2D eigenvalue weighted by Gasteiger charge is -2.31. The van der Waals surface area contributed by atoms with E-state index in [9.17, 15) is 4.79 Å². The fourth-order valence-electron chi connectivity index (χ4n) is 3.96. The standard InChI is InChI=1S/C24H28N4O/c29-24(23-9-12-27(13-10-23)17-20-5-2-1-3-6-20)26-16-21-7-4-8-22(15-21)18-28-14-11-25-19-28/h1-8,11,14-15,19,23H,9-10,12-13,16-18H2,(H,26,29). The lowest BCUT2D eigenvalue weighted by atomic mass is 9.95. The Morgan fingerprint density at radius 2 is 1.72 bits per heavy atom. The van der Waals surface area contributed by atoms with Crippen LogP contribution in [0.25, 0.3) is 0 Å². The summed E-state index contributed by atoms with van der Waals surface area (Å²) in [5.74, 6) is 0.306. The Balaban J connectivity index is 1.23. The number of carbonyl (C=O) groups excluding carboxylic acids is 1. The molecule has 150 valence electrons. The van der Waals surface area contributed by atoms with E-state index in [1.54, 1.807) is 6.20 Å². The summed E-state index contributed by atoms with van der Waals surface area (Å²) in [6.07, 6.45) is 7.42. The Labute approximate surface area is 172 Å². The lowest BCUT2D eigenvalue weighted by Crippen LogP contribution is -2.40. The average Bonchev–Trinajstić information content (AvgIpc) is 3.27. The van der Waals surface area contributed by atoms with Crippen LogP contribution in [0.1, 0.15) is 29.5 Å². The van der Waals surface area contributed by atoms with E-state index in [1.165, 1.54) is 11.1 Å². The smallest absolute Gasteiger partial charge is 0.223 e. The second kappa shape index (κ2) is 9.52. The second-order valence-electron chi connectivity index (χ2n) is 7.81. The number of hydrogen-bond donors (Lipinski definition) is 1. The molecule has 5 nitrogen and oxygen atoms in total. The Bertz CT molecular complexity index is 900. The minimum absolute atomic E-state index is 0.121. The molecule has 0 bridgehead atoms. The number of benzene rings is 2. The summed E-state index contributed by atoms with van der Waals surface area (Å²) in [6.45, 7) is 4.31. The van der Waals surface area contributed by atoms with E-state index in [4.69, 9.17) is 0 Å². The van der Waals surface area contributed by atoms with E-state index >= 15 is 0 Å². The largest absolute Gasteiger partial charge is 0.352 e. The third kappa shape index (κ3) is 5.55. The van der Waals surface area contributed by atoms with Crippen molar-refractivity contribution in [1.82, 2.24) is 19.8 Å². The van der Waals surface area contributed by atoms with Crippen molar-refractivity contribution in [3.63, 3.8) is 0 Å². The number of carbonyl (C=O) groups is 1. The average molecular weight is 389 g/mol. The molecule has 1 saturated heterocycles. The zero-order chi connectivity index (χ0) is 19.9. The highest BCUT2D eigenvalue weighted by Crippen LogP contribution is 2.19. The first kappa shape index (κ1) is 19.4. The van der Waals surface area contributed by atoms with Crippen LogP contribution in [0.5, 0.6) is 0 Å². The molecule has 0 saturated carbocycles. The van der Waals surface area contributed by atoms with Gasteiger partial charge in [-0.1, -0.05) is 54.6 Å². The van der Waals surface area contributed by atoms with Gasteiger partial charge in [0.25, 0.3) is 0 Å². The SMILES string of the molecule is O=C(NCc1cccc(Cn2ccnc2)c1)C1CCN(Cc2ccccc2)CC1. The summed E-state index contributed by atoms with van der Waals surface area (Å²) in [5, 5.41) is 3.14. The number of amides is 1. The quantitative estimate of drug-likeness (QED) is 0.674. The van der Waals surface area contributed by atoms with Gasteiger partial charge in [-0.2, -0.15) is 0 Å². The van der Waals surface area contributed by atoms with Crippen molar-refractivity contribution in [2.24, 2.45) is 5.92 Å². The highest BCUT2D eigenvalue weighted by atomic mass is 16.1. The molecule has 1 fully saturated rings. The Morgan fingerprint density at radius 3 is 2.48 bits per heavy atom. The highest BCUT2D eigenvalue weighted by Gasteiger charge is 2.24. The van der Waals surface area contributed by atoms with E-state index < -0.39 is 0 Å². The van der Waals surface area contributed by atoms with E-state index in [2.05, 4.69) is 63.7 Å². The van der Waals surface area contributed by atoms with Crippen molar-refractivity contribution in [3.8, 4) is 0 Å². The van der Waals surface area contributed by atoms with E-state index in [-0.39, 0.29) is 11.8 Å². The van der Waals surface area contributed by atoms with Gasteiger partial charge in [0.15, 0.2) is 0 Å². The molecule has 3 aromatic rings.